The monoisotopic (exact) mass is 487 g/mol. The highest BCUT2D eigenvalue weighted by Gasteiger charge is 2.29. The summed E-state index contributed by atoms with van der Waals surface area (Å²) in [5.41, 5.74) is 2.71. The van der Waals surface area contributed by atoms with E-state index >= 15 is 0 Å². The highest BCUT2D eigenvalue weighted by molar-refractivity contribution is 5.99. The van der Waals surface area contributed by atoms with Crippen LogP contribution in [0.25, 0.3) is 22.2 Å². The third-order valence-electron chi connectivity index (χ3n) is 6.93. The van der Waals surface area contributed by atoms with E-state index in [1.54, 1.807) is 27.7 Å². The average molecular weight is 488 g/mol. The first-order valence-corrected chi connectivity index (χ1v) is 12.7. The lowest BCUT2D eigenvalue weighted by Gasteiger charge is -2.29. The summed E-state index contributed by atoms with van der Waals surface area (Å²) >= 11 is 0. The molecule has 6 rings (SSSR count). The van der Waals surface area contributed by atoms with E-state index in [4.69, 9.17) is 9.84 Å². The molecular weight excluding hydrogens is 458 g/mol. The van der Waals surface area contributed by atoms with Crippen molar-refractivity contribution >= 4 is 28.4 Å². The first kappa shape index (κ1) is 22.5. The number of aromatic nitrogens is 5. The third kappa shape index (κ3) is 4.38. The van der Waals surface area contributed by atoms with Crippen LogP contribution in [0.4, 0.5) is 0 Å². The van der Waals surface area contributed by atoms with Crippen molar-refractivity contribution in [1.82, 2.24) is 35.0 Å². The van der Waals surface area contributed by atoms with Gasteiger partial charge in [-0.05, 0) is 62.8 Å². The molecule has 186 valence electrons. The van der Waals surface area contributed by atoms with Crippen molar-refractivity contribution in [3.8, 4) is 11.6 Å². The maximum absolute atomic E-state index is 13.1. The van der Waals surface area contributed by atoms with E-state index in [2.05, 4.69) is 20.7 Å². The lowest BCUT2D eigenvalue weighted by Crippen LogP contribution is -2.43. The van der Waals surface area contributed by atoms with Crippen molar-refractivity contribution in [3.05, 3.63) is 48.4 Å². The summed E-state index contributed by atoms with van der Waals surface area (Å²) in [6, 6.07) is 7.64. The second kappa shape index (κ2) is 9.25. The molecule has 2 saturated carbocycles. The van der Waals surface area contributed by atoms with Gasteiger partial charge in [-0.25, -0.2) is 9.50 Å². The predicted molar refractivity (Wildman–Crippen MR) is 133 cm³/mol. The summed E-state index contributed by atoms with van der Waals surface area (Å²) in [6.07, 6.45) is 11.4. The van der Waals surface area contributed by atoms with Gasteiger partial charge < -0.3 is 15.4 Å². The van der Waals surface area contributed by atoms with Crippen LogP contribution in [-0.4, -0.2) is 54.4 Å². The van der Waals surface area contributed by atoms with Gasteiger partial charge in [0.15, 0.2) is 5.65 Å². The minimum Gasteiger partial charge on any atom is -0.474 e. The number of nitrogens with one attached hydrogen (secondary N) is 2. The van der Waals surface area contributed by atoms with Crippen molar-refractivity contribution in [3.63, 3.8) is 0 Å². The lowest BCUT2D eigenvalue weighted by atomic mass is 9.91. The zero-order chi connectivity index (χ0) is 24.6. The van der Waals surface area contributed by atoms with Crippen LogP contribution in [0.15, 0.2) is 42.9 Å². The van der Waals surface area contributed by atoms with E-state index in [1.807, 2.05) is 31.3 Å². The Morgan fingerprint density at radius 3 is 2.61 bits per heavy atom. The summed E-state index contributed by atoms with van der Waals surface area (Å²) in [7, 11) is 0. The average Bonchev–Trinajstić information content (AvgIpc) is 3.51. The second-order valence-corrected chi connectivity index (χ2v) is 9.63. The molecule has 0 atom stereocenters. The number of fused-ring (bicyclic) bond motifs is 2. The Labute approximate surface area is 208 Å². The van der Waals surface area contributed by atoms with Gasteiger partial charge in [-0.1, -0.05) is 6.92 Å². The molecule has 2 aliphatic rings. The van der Waals surface area contributed by atoms with Gasteiger partial charge in [-0.2, -0.15) is 14.9 Å². The van der Waals surface area contributed by atoms with E-state index < -0.39 is 0 Å². The van der Waals surface area contributed by atoms with E-state index in [1.165, 1.54) is 0 Å². The number of nitrogens with zero attached hydrogens (tertiary/aromatic N) is 5. The Bertz CT molecular complexity index is 1430. The highest BCUT2D eigenvalue weighted by atomic mass is 16.5. The SMILES string of the molecule is CCC(=O)NC1CCC(NC(=O)c2ccc3nn(-c4cnn5cccnc45)c(OC4CC4)c3c2)CC1. The molecule has 2 N–H and O–H groups in total. The first-order valence-electron chi connectivity index (χ1n) is 12.7. The number of carbonyl (C=O) groups is 2. The largest absolute Gasteiger partial charge is 0.474 e. The van der Waals surface area contributed by atoms with Gasteiger partial charge >= 0.3 is 0 Å². The smallest absolute Gasteiger partial charge is 0.251 e. The number of ether oxygens (including phenoxy) is 1. The summed E-state index contributed by atoms with van der Waals surface area (Å²) in [4.78, 5) is 29.3. The van der Waals surface area contributed by atoms with E-state index in [9.17, 15) is 9.59 Å². The van der Waals surface area contributed by atoms with Crippen LogP contribution in [0.2, 0.25) is 0 Å². The van der Waals surface area contributed by atoms with Crippen LogP contribution in [-0.2, 0) is 4.79 Å². The number of carbonyl (C=O) groups excluding carboxylic acids is 2. The maximum atomic E-state index is 13.1. The zero-order valence-electron chi connectivity index (χ0n) is 20.2. The molecule has 2 fully saturated rings. The van der Waals surface area contributed by atoms with Crippen molar-refractivity contribution in [2.45, 2.75) is 70.1 Å². The Morgan fingerprint density at radius 1 is 1.08 bits per heavy atom. The second-order valence-electron chi connectivity index (χ2n) is 9.63. The van der Waals surface area contributed by atoms with E-state index in [0.717, 1.165) is 55.1 Å². The number of hydrogen-bond donors (Lipinski definition) is 2. The van der Waals surface area contributed by atoms with Crippen LogP contribution in [0, 0.1) is 0 Å². The molecule has 0 aliphatic heterocycles. The molecule has 2 amide bonds. The number of benzene rings is 1. The van der Waals surface area contributed by atoms with Gasteiger partial charge in [0, 0.05) is 36.5 Å². The number of rotatable bonds is 7. The van der Waals surface area contributed by atoms with Crippen molar-refractivity contribution in [2.75, 3.05) is 0 Å². The molecule has 4 aromatic rings. The molecule has 0 saturated heterocycles. The summed E-state index contributed by atoms with van der Waals surface area (Å²) in [6.45, 7) is 1.86. The van der Waals surface area contributed by atoms with Crippen LogP contribution < -0.4 is 15.4 Å². The van der Waals surface area contributed by atoms with Gasteiger partial charge in [-0.3, -0.25) is 9.59 Å². The van der Waals surface area contributed by atoms with E-state index in [-0.39, 0.29) is 30.0 Å². The molecule has 1 aromatic carbocycles. The Hall–Kier alpha value is -3.95. The summed E-state index contributed by atoms with van der Waals surface area (Å²) in [5.74, 6) is 0.580. The molecule has 0 spiro atoms. The molecule has 0 unspecified atom stereocenters. The van der Waals surface area contributed by atoms with Gasteiger partial charge in [0.25, 0.3) is 5.91 Å². The molecule has 10 nitrogen and oxygen atoms in total. The molecule has 0 radical (unpaired) electrons. The van der Waals surface area contributed by atoms with Crippen LogP contribution in [0.5, 0.6) is 5.88 Å². The molecule has 36 heavy (non-hydrogen) atoms. The lowest BCUT2D eigenvalue weighted by molar-refractivity contribution is -0.121. The summed E-state index contributed by atoms with van der Waals surface area (Å²) in [5, 5.41) is 16.2. The molecule has 2 aliphatic carbocycles. The molecule has 10 heteroatoms. The quantitative estimate of drug-likeness (QED) is 0.414. The predicted octanol–water partition coefficient (Wildman–Crippen LogP) is 3.18. The van der Waals surface area contributed by atoms with Crippen LogP contribution in [0.3, 0.4) is 0 Å². The normalized spacial score (nSPS) is 19.9. The minimum absolute atomic E-state index is 0.0838. The van der Waals surface area contributed by atoms with Crippen LogP contribution >= 0.6 is 0 Å². The Balaban J connectivity index is 1.25. The third-order valence-corrected chi connectivity index (χ3v) is 6.93. The van der Waals surface area contributed by atoms with Crippen molar-refractivity contribution in [2.24, 2.45) is 0 Å². The fourth-order valence-electron chi connectivity index (χ4n) is 4.77. The first-order chi connectivity index (χ1) is 17.6. The molecule has 3 aromatic heterocycles. The van der Waals surface area contributed by atoms with Crippen molar-refractivity contribution in [1.29, 1.82) is 0 Å². The topological polar surface area (TPSA) is 115 Å². The number of amides is 2. The van der Waals surface area contributed by atoms with E-state index in [0.29, 0.717) is 23.5 Å². The van der Waals surface area contributed by atoms with Crippen LogP contribution in [0.1, 0.15) is 62.2 Å². The maximum Gasteiger partial charge on any atom is 0.251 e. The fraction of sp³-hybridized carbons (Fsp3) is 0.423. The van der Waals surface area contributed by atoms with Gasteiger partial charge in [0.05, 0.1) is 17.1 Å². The fourth-order valence-corrected chi connectivity index (χ4v) is 4.77. The molecule has 3 heterocycles. The summed E-state index contributed by atoms with van der Waals surface area (Å²) < 4.78 is 9.73. The minimum atomic E-state index is -0.110. The number of hydrogen-bond acceptors (Lipinski definition) is 6. The highest BCUT2D eigenvalue weighted by Crippen LogP contribution is 2.35. The Morgan fingerprint density at radius 2 is 1.86 bits per heavy atom. The Kier molecular flexibility index (Phi) is 5.79. The standard InChI is InChI=1S/C26H29N7O3/c1-2-23(34)29-17-5-7-18(8-6-17)30-25(35)16-4-11-21-20(14-16)26(36-19-9-10-19)33(31-21)22-15-28-32-13-3-12-27-24(22)32/h3-4,11-15,17-19H,2,5-10H2,1H3,(H,29,34)(H,30,35). The van der Waals surface area contributed by atoms with Crippen molar-refractivity contribution < 1.29 is 14.3 Å². The zero-order valence-corrected chi connectivity index (χ0v) is 20.2. The van der Waals surface area contributed by atoms with Gasteiger partial charge in [-0.15, -0.1) is 0 Å². The van der Waals surface area contributed by atoms with Gasteiger partial charge in [0.2, 0.25) is 11.8 Å². The molecule has 0 bridgehead atoms. The van der Waals surface area contributed by atoms with Gasteiger partial charge in [0.1, 0.15) is 11.8 Å². The molecular formula is C26H29N7O3.